The molecule has 0 spiro atoms. The van der Waals surface area contributed by atoms with Crippen molar-refractivity contribution in [3.8, 4) is 5.75 Å². The monoisotopic (exact) mass is 270 g/mol. The van der Waals surface area contributed by atoms with E-state index in [2.05, 4.69) is 4.74 Å². The number of halogens is 3. The molecule has 1 aromatic carbocycles. The number of ether oxygens (including phenoxy) is 1. The Balaban J connectivity index is 3.09. The van der Waals surface area contributed by atoms with Gasteiger partial charge in [-0.15, -0.1) is 0 Å². The second-order valence-corrected chi connectivity index (χ2v) is 4.72. The number of hydrogen-bond acceptors (Lipinski definition) is 3. The molecule has 0 unspecified atom stereocenters. The van der Waals surface area contributed by atoms with Crippen molar-refractivity contribution in [2.75, 3.05) is 6.61 Å². The fourth-order valence-corrected chi connectivity index (χ4v) is 1.71. The van der Waals surface area contributed by atoms with Gasteiger partial charge in [0.25, 0.3) is 10.1 Å². The van der Waals surface area contributed by atoms with E-state index in [9.17, 15) is 21.6 Å². The van der Waals surface area contributed by atoms with Crippen LogP contribution in [0.1, 0.15) is 5.56 Å². The van der Waals surface area contributed by atoms with Crippen LogP contribution in [0.15, 0.2) is 23.1 Å². The first kappa shape index (κ1) is 13.8. The Kier molecular flexibility index (Phi) is 3.68. The summed E-state index contributed by atoms with van der Waals surface area (Å²) in [4.78, 5) is -0.688. The normalized spacial score (nSPS) is 12.5. The fraction of sp³-hybridized carbons (Fsp3) is 0.333. The summed E-state index contributed by atoms with van der Waals surface area (Å²) in [5.41, 5.74) is 0.509. The van der Waals surface area contributed by atoms with Crippen LogP contribution in [0, 0.1) is 6.92 Å². The highest BCUT2D eigenvalue weighted by Gasteiger charge is 2.29. The summed E-state index contributed by atoms with van der Waals surface area (Å²) in [6.45, 7) is -0.0762. The van der Waals surface area contributed by atoms with Crippen molar-refractivity contribution >= 4 is 10.1 Å². The lowest BCUT2D eigenvalue weighted by Crippen LogP contribution is -2.20. The van der Waals surface area contributed by atoms with Crippen LogP contribution in [0.3, 0.4) is 0 Å². The fourth-order valence-electron chi connectivity index (χ4n) is 1.10. The Morgan fingerprint density at radius 2 is 1.94 bits per heavy atom. The van der Waals surface area contributed by atoms with Crippen molar-refractivity contribution in [1.82, 2.24) is 0 Å². The molecule has 1 N–H and O–H groups in total. The summed E-state index contributed by atoms with van der Waals surface area (Å²) in [5, 5.41) is 0. The number of aryl methyl sites for hydroxylation is 1. The van der Waals surface area contributed by atoms with E-state index in [1.807, 2.05) is 0 Å². The minimum absolute atomic E-state index is 0.509. The predicted molar refractivity (Wildman–Crippen MR) is 52.5 cm³/mol. The van der Waals surface area contributed by atoms with Crippen LogP contribution in [-0.2, 0) is 10.1 Å². The smallest absolute Gasteiger partial charge is 0.422 e. The van der Waals surface area contributed by atoms with Crippen LogP contribution in [0.25, 0.3) is 0 Å². The average Bonchev–Trinajstić information content (AvgIpc) is 2.11. The van der Waals surface area contributed by atoms with Gasteiger partial charge in [0.15, 0.2) is 6.61 Å². The Morgan fingerprint density at radius 3 is 2.41 bits per heavy atom. The SMILES string of the molecule is Cc1ccc(S(=O)(=O)O)c(OCC(F)(F)F)c1. The summed E-state index contributed by atoms with van der Waals surface area (Å²) >= 11 is 0. The molecule has 0 atom stereocenters. The summed E-state index contributed by atoms with van der Waals surface area (Å²) in [7, 11) is -4.61. The highest BCUT2D eigenvalue weighted by atomic mass is 32.2. The van der Waals surface area contributed by atoms with Crippen molar-refractivity contribution in [1.29, 1.82) is 0 Å². The van der Waals surface area contributed by atoms with Gasteiger partial charge in [0, 0.05) is 0 Å². The maximum absolute atomic E-state index is 11.9. The number of rotatable bonds is 3. The molecule has 0 heterocycles. The Hall–Kier alpha value is -1.28. The van der Waals surface area contributed by atoms with E-state index in [0.717, 1.165) is 12.1 Å². The van der Waals surface area contributed by atoms with Gasteiger partial charge >= 0.3 is 6.18 Å². The van der Waals surface area contributed by atoms with Gasteiger partial charge in [0.2, 0.25) is 0 Å². The van der Waals surface area contributed by atoms with E-state index in [0.29, 0.717) is 5.56 Å². The minimum atomic E-state index is -4.61. The van der Waals surface area contributed by atoms with E-state index in [1.54, 1.807) is 6.92 Å². The molecule has 1 rings (SSSR count). The first-order valence-corrected chi connectivity index (χ1v) is 5.81. The molecule has 4 nitrogen and oxygen atoms in total. The van der Waals surface area contributed by atoms with E-state index < -0.39 is 33.5 Å². The highest BCUT2D eigenvalue weighted by Crippen LogP contribution is 2.26. The summed E-state index contributed by atoms with van der Waals surface area (Å²) < 4.78 is 70.7. The molecule has 8 heteroatoms. The second kappa shape index (κ2) is 4.53. The predicted octanol–water partition coefficient (Wildman–Crippen LogP) is 2.18. The van der Waals surface area contributed by atoms with Crippen molar-refractivity contribution in [3.05, 3.63) is 23.8 Å². The molecular formula is C9H9F3O4S. The Labute approximate surface area is 95.8 Å². The van der Waals surface area contributed by atoms with E-state index >= 15 is 0 Å². The minimum Gasteiger partial charge on any atom is -0.483 e. The maximum Gasteiger partial charge on any atom is 0.422 e. The maximum atomic E-state index is 11.9. The molecule has 0 fully saturated rings. The molecule has 0 aliphatic rings. The molecule has 0 bridgehead atoms. The van der Waals surface area contributed by atoms with Gasteiger partial charge in [-0.05, 0) is 24.6 Å². The highest BCUT2D eigenvalue weighted by molar-refractivity contribution is 7.86. The first-order chi connectivity index (χ1) is 7.59. The van der Waals surface area contributed by atoms with Crippen molar-refractivity contribution in [3.63, 3.8) is 0 Å². The Bertz CT molecular complexity index is 507. The van der Waals surface area contributed by atoms with Gasteiger partial charge in [-0.2, -0.15) is 21.6 Å². The van der Waals surface area contributed by atoms with E-state index in [4.69, 9.17) is 4.55 Å². The van der Waals surface area contributed by atoms with Crippen LogP contribution in [0.2, 0.25) is 0 Å². The van der Waals surface area contributed by atoms with Gasteiger partial charge in [0.05, 0.1) is 0 Å². The molecule has 0 radical (unpaired) electrons. The molecule has 0 aromatic heterocycles. The molecule has 96 valence electrons. The van der Waals surface area contributed by atoms with Crippen molar-refractivity contribution in [2.24, 2.45) is 0 Å². The third-order valence-electron chi connectivity index (χ3n) is 1.77. The van der Waals surface area contributed by atoms with Crippen molar-refractivity contribution in [2.45, 2.75) is 18.0 Å². The summed E-state index contributed by atoms with van der Waals surface area (Å²) in [6.07, 6.45) is -4.58. The van der Waals surface area contributed by atoms with E-state index in [1.165, 1.54) is 6.07 Å². The quantitative estimate of drug-likeness (QED) is 0.855. The summed E-state index contributed by atoms with van der Waals surface area (Å²) in [6, 6.07) is 3.43. The molecule has 0 saturated heterocycles. The third-order valence-corrected chi connectivity index (χ3v) is 2.66. The van der Waals surface area contributed by atoms with Crippen LogP contribution in [0.4, 0.5) is 13.2 Å². The van der Waals surface area contributed by atoms with E-state index in [-0.39, 0.29) is 0 Å². The second-order valence-electron chi connectivity index (χ2n) is 3.33. The zero-order valence-electron chi connectivity index (χ0n) is 8.65. The lowest BCUT2D eigenvalue weighted by Gasteiger charge is -2.12. The van der Waals surface area contributed by atoms with Gasteiger partial charge in [-0.1, -0.05) is 6.07 Å². The lowest BCUT2D eigenvalue weighted by atomic mass is 10.2. The van der Waals surface area contributed by atoms with Crippen LogP contribution in [-0.4, -0.2) is 25.8 Å². The molecule has 0 aliphatic carbocycles. The molecule has 1 aromatic rings. The van der Waals surface area contributed by atoms with Crippen LogP contribution >= 0.6 is 0 Å². The van der Waals surface area contributed by atoms with Gasteiger partial charge in [-0.25, -0.2) is 0 Å². The van der Waals surface area contributed by atoms with Crippen LogP contribution < -0.4 is 4.74 Å². The molecular weight excluding hydrogens is 261 g/mol. The van der Waals surface area contributed by atoms with Gasteiger partial charge < -0.3 is 4.74 Å². The average molecular weight is 270 g/mol. The first-order valence-electron chi connectivity index (χ1n) is 4.37. The molecule has 0 amide bonds. The number of alkyl halides is 3. The number of hydrogen-bond donors (Lipinski definition) is 1. The number of benzene rings is 1. The molecule has 0 saturated carbocycles. The standard InChI is InChI=1S/C9H9F3O4S/c1-6-2-3-8(17(13,14)15)7(4-6)16-5-9(10,11)12/h2-4H,5H2,1H3,(H,13,14,15). The third kappa shape index (κ3) is 4.23. The molecule has 0 aliphatic heterocycles. The lowest BCUT2D eigenvalue weighted by molar-refractivity contribution is -0.153. The molecule has 17 heavy (non-hydrogen) atoms. The summed E-state index contributed by atoms with van der Waals surface area (Å²) in [5.74, 6) is -0.523. The van der Waals surface area contributed by atoms with Gasteiger partial charge in [-0.3, -0.25) is 4.55 Å². The zero-order chi connectivity index (χ0) is 13.3. The Morgan fingerprint density at radius 1 is 1.35 bits per heavy atom. The largest absolute Gasteiger partial charge is 0.483 e. The van der Waals surface area contributed by atoms with Crippen LogP contribution in [0.5, 0.6) is 5.75 Å². The van der Waals surface area contributed by atoms with Crippen molar-refractivity contribution < 1.29 is 30.9 Å². The van der Waals surface area contributed by atoms with Gasteiger partial charge in [0.1, 0.15) is 10.6 Å². The topological polar surface area (TPSA) is 63.6 Å². The zero-order valence-corrected chi connectivity index (χ0v) is 9.47.